The first-order valence-electron chi connectivity index (χ1n) is 6.23. The quantitative estimate of drug-likeness (QED) is 0.856. The monoisotopic (exact) mass is 272 g/mol. The summed E-state index contributed by atoms with van der Waals surface area (Å²) in [6, 6.07) is 5.08. The van der Waals surface area contributed by atoms with Crippen LogP contribution in [0, 0.1) is 11.7 Å². The first kappa shape index (κ1) is 15.4. The van der Waals surface area contributed by atoms with Crippen LogP contribution in [0.5, 0.6) is 0 Å². The molecule has 102 valence electrons. The number of benzene rings is 1. The number of likely N-dealkylation sites (N-methyl/N-ethyl adjacent to an activating group) is 1. The van der Waals surface area contributed by atoms with Crippen molar-refractivity contribution < 1.29 is 4.39 Å². The second kappa shape index (κ2) is 7.07. The highest BCUT2D eigenvalue weighted by atomic mass is 35.5. The average molecular weight is 273 g/mol. The second-order valence-electron chi connectivity index (χ2n) is 5.14. The molecule has 1 rings (SSSR count). The molecule has 18 heavy (non-hydrogen) atoms. The maximum Gasteiger partial charge on any atom is 0.127 e. The van der Waals surface area contributed by atoms with Crippen LogP contribution in [-0.2, 0) is 6.54 Å². The molecule has 1 aromatic rings. The average Bonchev–Trinajstić information content (AvgIpc) is 2.27. The highest BCUT2D eigenvalue weighted by molar-refractivity contribution is 6.30. The fourth-order valence-corrected chi connectivity index (χ4v) is 2.24. The Morgan fingerprint density at radius 1 is 1.33 bits per heavy atom. The van der Waals surface area contributed by atoms with E-state index >= 15 is 0 Å². The third-order valence-corrected chi connectivity index (χ3v) is 3.34. The summed E-state index contributed by atoms with van der Waals surface area (Å²) in [6.45, 7) is 5.71. The van der Waals surface area contributed by atoms with Crippen LogP contribution < -0.4 is 5.32 Å². The number of hydrogen-bond acceptors (Lipinski definition) is 2. The molecule has 1 N–H and O–H groups in total. The zero-order valence-corrected chi connectivity index (χ0v) is 12.3. The molecule has 0 bridgehead atoms. The molecule has 2 nitrogen and oxygen atoms in total. The van der Waals surface area contributed by atoms with Gasteiger partial charge in [-0.3, -0.25) is 0 Å². The summed E-state index contributed by atoms with van der Waals surface area (Å²) in [4.78, 5) is 2.19. The van der Waals surface area contributed by atoms with Gasteiger partial charge in [0.15, 0.2) is 0 Å². The molecule has 1 aromatic carbocycles. The van der Waals surface area contributed by atoms with Crippen LogP contribution in [-0.4, -0.2) is 31.6 Å². The van der Waals surface area contributed by atoms with Crippen molar-refractivity contribution in [2.45, 2.75) is 26.4 Å². The minimum Gasteiger partial charge on any atom is -0.311 e. The van der Waals surface area contributed by atoms with E-state index in [9.17, 15) is 4.39 Å². The van der Waals surface area contributed by atoms with Gasteiger partial charge in [-0.15, -0.1) is 0 Å². The first-order valence-corrected chi connectivity index (χ1v) is 6.60. The Bertz CT molecular complexity index is 372. The third-order valence-electron chi connectivity index (χ3n) is 3.11. The van der Waals surface area contributed by atoms with E-state index in [1.807, 2.05) is 0 Å². The van der Waals surface area contributed by atoms with Crippen LogP contribution in [0.1, 0.15) is 19.4 Å². The molecule has 1 unspecified atom stereocenters. The van der Waals surface area contributed by atoms with E-state index in [-0.39, 0.29) is 5.82 Å². The first-order chi connectivity index (χ1) is 8.41. The predicted molar refractivity (Wildman–Crippen MR) is 75.4 cm³/mol. The van der Waals surface area contributed by atoms with Crippen LogP contribution >= 0.6 is 11.6 Å². The lowest BCUT2D eigenvalue weighted by atomic mass is 10.0. The summed E-state index contributed by atoms with van der Waals surface area (Å²) in [6.07, 6.45) is 0. The van der Waals surface area contributed by atoms with Crippen LogP contribution in [0.25, 0.3) is 0 Å². The highest BCUT2D eigenvalue weighted by Crippen LogP contribution is 2.15. The Balaban J connectivity index is 2.52. The van der Waals surface area contributed by atoms with Crippen LogP contribution in [0.15, 0.2) is 18.2 Å². The lowest BCUT2D eigenvalue weighted by Crippen LogP contribution is -2.41. The van der Waals surface area contributed by atoms with Gasteiger partial charge in [0.2, 0.25) is 0 Å². The number of nitrogens with zero attached hydrogens (tertiary/aromatic N) is 1. The Labute approximate surface area is 114 Å². The smallest absolute Gasteiger partial charge is 0.127 e. The van der Waals surface area contributed by atoms with Gasteiger partial charge >= 0.3 is 0 Å². The maximum absolute atomic E-state index is 13.5. The van der Waals surface area contributed by atoms with E-state index in [1.54, 1.807) is 12.1 Å². The summed E-state index contributed by atoms with van der Waals surface area (Å²) >= 11 is 5.86. The third kappa shape index (κ3) is 4.56. The molecule has 0 saturated heterocycles. The zero-order chi connectivity index (χ0) is 13.7. The summed E-state index contributed by atoms with van der Waals surface area (Å²) in [5, 5.41) is 3.86. The van der Waals surface area contributed by atoms with E-state index < -0.39 is 0 Å². The maximum atomic E-state index is 13.5. The molecule has 1 atom stereocenters. The predicted octanol–water partition coefficient (Wildman–Crippen LogP) is 3.15. The van der Waals surface area contributed by atoms with Gasteiger partial charge in [-0.2, -0.15) is 0 Å². The molecule has 0 aliphatic carbocycles. The molecule has 0 fully saturated rings. The van der Waals surface area contributed by atoms with Crippen LogP contribution in [0.4, 0.5) is 4.39 Å². The summed E-state index contributed by atoms with van der Waals surface area (Å²) in [5.41, 5.74) is 0.615. The summed E-state index contributed by atoms with van der Waals surface area (Å²) < 4.78 is 13.5. The van der Waals surface area contributed by atoms with Crippen molar-refractivity contribution in [3.05, 3.63) is 34.6 Å². The number of halogens is 2. The summed E-state index contributed by atoms with van der Waals surface area (Å²) in [7, 11) is 4.12. The molecule has 0 spiro atoms. The van der Waals surface area contributed by atoms with E-state index in [0.717, 1.165) is 6.54 Å². The number of nitrogens with one attached hydrogen (secondary N) is 1. The van der Waals surface area contributed by atoms with Crippen LogP contribution in [0.3, 0.4) is 0 Å². The number of hydrogen-bond donors (Lipinski definition) is 1. The van der Waals surface area contributed by atoms with E-state index in [0.29, 0.717) is 29.1 Å². The molecule has 0 aromatic heterocycles. The zero-order valence-electron chi connectivity index (χ0n) is 11.5. The lowest BCUT2D eigenvalue weighted by Gasteiger charge is -2.28. The van der Waals surface area contributed by atoms with Gasteiger partial charge < -0.3 is 10.2 Å². The Morgan fingerprint density at radius 2 is 2.00 bits per heavy atom. The SMILES string of the molecule is CC(C)C(CNCc1cc(Cl)ccc1F)N(C)C. The standard InChI is InChI=1S/C14H22ClFN2/c1-10(2)14(18(3)4)9-17-8-11-7-12(15)5-6-13(11)16/h5-7,10,14,17H,8-9H2,1-4H3. The molecule has 0 aliphatic rings. The van der Waals surface area contributed by atoms with Crippen molar-refractivity contribution in [1.82, 2.24) is 10.2 Å². The second-order valence-corrected chi connectivity index (χ2v) is 5.58. The minimum absolute atomic E-state index is 0.210. The number of rotatable bonds is 6. The topological polar surface area (TPSA) is 15.3 Å². The largest absolute Gasteiger partial charge is 0.311 e. The molecular formula is C14H22ClFN2. The van der Waals surface area contributed by atoms with E-state index in [1.165, 1.54) is 6.07 Å². The van der Waals surface area contributed by atoms with Crippen molar-refractivity contribution >= 4 is 11.6 Å². The molecular weight excluding hydrogens is 251 g/mol. The minimum atomic E-state index is -0.210. The van der Waals surface area contributed by atoms with Crippen molar-refractivity contribution in [3.8, 4) is 0 Å². The molecule has 4 heteroatoms. The normalized spacial score (nSPS) is 13.3. The molecule has 0 saturated carbocycles. The molecule has 0 aliphatic heterocycles. The van der Waals surface area contributed by atoms with E-state index in [4.69, 9.17) is 11.6 Å². The lowest BCUT2D eigenvalue weighted by molar-refractivity contribution is 0.224. The highest BCUT2D eigenvalue weighted by Gasteiger charge is 2.15. The Hall–Kier alpha value is -0.640. The van der Waals surface area contributed by atoms with Gasteiger partial charge in [0.1, 0.15) is 5.82 Å². The van der Waals surface area contributed by atoms with E-state index in [2.05, 4.69) is 38.2 Å². The van der Waals surface area contributed by atoms with Crippen molar-refractivity contribution in [1.29, 1.82) is 0 Å². The molecule has 0 amide bonds. The fraction of sp³-hybridized carbons (Fsp3) is 0.571. The Morgan fingerprint density at radius 3 is 2.56 bits per heavy atom. The van der Waals surface area contributed by atoms with Gasteiger partial charge in [-0.05, 0) is 38.2 Å². The Kier molecular flexibility index (Phi) is 6.06. The molecule has 0 radical (unpaired) electrons. The van der Waals surface area contributed by atoms with Crippen LogP contribution in [0.2, 0.25) is 5.02 Å². The fourth-order valence-electron chi connectivity index (χ4n) is 2.05. The van der Waals surface area contributed by atoms with Gasteiger partial charge in [0.25, 0.3) is 0 Å². The van der Waals surface area contributed by atoms with Crippen molar-refractivity contribution in [3.63, 3.8) is 0 Å². The van der Waals surface area contributed by atoms with Gasteiger partial charge in [-0.25, -0.2) is 4.39 Å². The summed E-state index contributed by atoms with van der Waals surface area (Å²) in [5.74, 6) is 0.342. The van der Waals surface area contributed by atoms with Crippen molar-refractivity contribution in [2.24, 2.45) is 5.92 Å². The van der Waals surface area contributed by atoms with Crippen molar-refractivity contribution in [2.75, 3.05) is 20.6 Å². The van der Waals surface area contributed by atoms with Gasteiger partial charge in [-0.1, -0.05) is 25.4 Å². The molecule has 0 heterocycles. The van der Waals surface area contributed by atoms with Gasteiger partial charge in [0.05, 0.1) is 0 Å². The van der Waals surface area contributed by atoms with Gasteiger partial charge in [0, 0.05) is 29.7 Å².